The second-order valence-corrected chi connectivity index (χ2v) is 5.27. The van der Waals surface area contributed by atoms with Crippen LogP contribution in [0.2, 0.25) is 0 Å². The number of nitrogens with two attached hydrogens (primary N) is 1. The predicted octanol–water partition coefficient (Wildman–Crippen LogP) is 1.69. The molecule has 5 nitrogen and oxygen atoms in total. The average Bonchev–Trinajstić information content (AvgIpc) is 2.48. The monoisotopic (exact) mass is 299 g/mol. The Morgan fingerprint density at radius 2 is 1.64 bits per heavy atom. The van der Waals surface area contributed by atoms with Crippen LogP contribution in [0.15, 0.2) is 48.8 Å². The highest BCUT2D eigenvalue weighted by molar-refractivity contribution is 5.92. The van der Waals surface area contributed by atoms with Gasteiger partial charge in [0.15, 0.2) is 18.9 Å². The van der Waals surface area contributed by atoms with Crippen molar-refractivity contribution in [2.75, 3.05) is 0 Å². The zero-order chi connectivity index (χ0) is 16.1. The fourth-order valence-corrected chi connectivity index (χ4v) is 1.97. The third-order valence-electron chi connectivity index (χ3n) is 3.07. The molecule has 0 bridgehead atoms. The highest BCUT2D eigenvalue weighted by Crippen LogP contribution is 2.07. The third kappa shape index (κ3) is 4.15. The van der Waals surface area contributed by atoms with Crippen LogP contribution in [0.1, 0.15) is 40.1 Å². The summed E-state index contributed by atoms with van der Waals surface area (Å²) in [5.74, 6) is -0.764. The van der Waals surface area contributed by atoms with Crippen molar-refractivity contribution in [3.8, 4) is 0 Å². The van der Waals surface area contributed by atoms with E-state index in [1.165, 1.54) is 0 Å². The fraction of sp³-hybridized carbons (Fsp3) is 0.235. The minimum absolute atomic E-state index is 0.133. The number of carbonyl (C=O) groups is 2. The van der Waals surface area contributed by atoms with E-state index in [9.17, 15) is 9.59 Å². The molecule has 114 valence electrons. The van der Waals surface area contributed by atoms with E-state index in [4.69, 9.17) is 10.5 Å². The minimum Gasteiger partial charge on any atom is -0.459 e. The van der Waals surface area contributed by atoms with Crippen molar-refractivity contribution in [3.05, 3.63) is 65.5 Å². The number of pyridine rings is 1. The molecule has 2 aromatic rings. The maximum atomic E-state index is 11.8. The Morgan fingerprint density at radius 3 is 2.14 bits per heavy atom. The molecule has 5 heteroatoms. The molecule has 2 N–H and O–H groups in total. The minimum atomic E-state index is -0.444. The summed E-state index contributed by atoms with van der Waals surface area (Å²) in [6.07, 6.45) is 3.45. The smallest absolute Gasteiger partial charge is 0.338 e. The lowest BCUT2D eigenvalue weighted by atomic mass is 10.1. The van der Waals surface area contributed by atoms with E-state index in [1.54, 1.807) is 36.7 Å². The van der Waals surface area contributed by atoms with Crippen molar-refractivity contribution in [3.63, 3.8) is 0 Å². The first-order chi connectivity index (χ1) is 10.5. The molecule has 0 atom stereocenters. The number of primary amides is 1. The Morgan fingerprint density at radius 1 is 1.05 bits per heavy atom. The van der Waals surface area contributed by atoms with E-state index in [0.29, 0.717) is 17.7 Å². The number of hydrogen-bond donors (Lipinski definition) is 1. The third-order valence-corrected chi connectivity index (χ3v) is 3.07. The first-order valence-corrected chi connectivity index (χ1v) is 7.04. The lowest BCUT2D eigenvalue weighted by Crippen LogP contribution is -2.33. The van der Waals surface area contributed by atoms with Crippen molar-refractivity contribution in [2.45, 2.75) is 26.5 Å². The number of hydrogen-bond acceptors (Lipinski definition) is 3. The fourth-order valence-electron chi connectivity index (χ4n) is 1.97. The van der Waals surface area contributed by atoms with Crippen LogP contribution in [0.3, 0.4) is 0 Å². The summed E-state index contributed by atoms with van der Waals surface area (Å²) in [5.41, 5.74) is 7.25. The zero-order valence-corrected chi connectivity index (χ0v) is 12.7. The molecule has 0 saturated carbocycles. The van der Waals surface area contributed by atoms with Crippen LogP contribution < -0.4 is 10.3 Å². The molecule has 1 aromatic carbocycles. The van der Waals surface area contributed by atoms with Gasteiger partial charge in [-0.05, 0) is 26.0 Å². The molecule has 0 saturated heterocycles. The van der Waals surface area contributed by atoms with Crippen LogP contribution in [-0.2, 0) is 11.3 Å². The zero-order valence-electron chi connectivity index (χ0n) is 12.7. The van der Waals surface area contributed by atoms with Gasteiger partial charge in [0, 0.05) is 17.7 Å². The molecule has 0 aliphatic rings. The molecule has 0 aliphatic carbocycles. The van der Waals surface area contributed by atoms with Crippen molar-refractivity contribution in [2.24, 2.45) is 5.73 Å². The number of ether oxygens (including phenoxy) is 1. The number of esters is 1. The van der Waals surface area contributed by atoms with E-state index >= 15 is 0 Å². The van der Waals surface area contributed by atoms with Gasteiger partial charge in [0.1, 0.15) is 0 Å². The number of carbonyl (C=O) groups excluding carboxylic acids is 2. The van der Waals surface area contributed by atoms with E-state index in [0.717, 1.165) is 5.56 Å². The normalized spacial score (nSPS) is 10.5. The number of benzene rings is 1. The van der Waals surface area contributed by atoms with Crippen LogP contribution in [0.25, 0.3) is 0 Å². The largest absolute Gasteiger partial charge is 0.459 e. The Bertz CT molecular complexity index is 661. The van der Waals surface area contributed by atoms with Crippen LogP contribution in [0, 0.1) is 0 Å². The van der Waals surface area contributed by atoms with Crippen molar-refractivity contribution >= 4 is 11.9 Å². The van der Waals surface area contributed by atoms with Gasteiger partial charge in [0.05, 0.1) is 17.2 Å². The van der Waals surface area contributed by atoms with Gasteiger partial charge >= 0.3 is 5.97 Å². The first kappa shape index (κ1) is 15.7. The van der Waals surface area contributed by atoms with Crippen molar-refractivity contribution < 1.29 is 18.9 Å². The number of nitrogens with zero attached hydrogens (tertiary/aromatic N) is 1. The van der Waals surface area contributed by atoms with E-state index < -0.39 is 5.91 Å². The predicted molar refractivity (Wildman–Crippen MR) is 81.3 cm³/mol. The van der Waals surface area contributed by atoms with Gasteiger partial charge in [0.25, 0.3) is 0 Å². The summed E-state index contributed by atoms with van der Waals surface area (Å²) >= 11 is 0. The molecular formula is C17H19N2O3+. The van der Waals surface area contributed by atoms with E-state index in [1.807, 2.05) is 30.5 Å². The lowest BCUT2D eigenvalue weighted by molar-refractivity contribution is -0.688. The summed E-state index contributed by atoms with van der Waals surface area (Å²) in [6.45, 7) is 4.27. The van der Waals surface area contributed by atoms with Crippen LogP contribution in [0.5, 0.6) is 0 Å². The van der Waals surface area contributed by atoms with E-state index in [2.05, 4.69) is 0 Å². The lowest BCUT2D eigenvalue weighted by Gasteiger charge is -2.07. The van der Waals surface area contributed by atoms with Gasteiger partial charge in [-0.25, -0.2) is 9.36 Å². The molecular weight excluding hydrogens is 280 g/mol. The molecule has 0 aliphatic heterocycles. The van der Waals surface area contributed by atoms with Gasteiger partial charge in [0.2, 0.25) is 5.91 Å². The standard InChI is InChI=1S/C17H18N2O3/c1-12(2)22-17(21)15-5-3-13(4-6-15)11-19-9-7-14(8-10-19)16(18)20/h3-10,12H,11H2,1-2H3,(H-,18,20)/p+1. The first-order valence-electron chi connectivity index (χ1n) is 7.04. The van der Waals surface area contributed by atoms with Gasteiger partial charge in [-0.2, -0.15) is 0 Å². The molecule has 0 unspecified atom stereocenters. The Hall–Kier alpha value is -2.69. The number of aromatic nitrogens is 1. The van der Waals surface area contributed by atoms with Crippen molar-refractivity contribution in [1.29, 1.82) is 0 Å². The Labute approximate surface area is 129 Å². The molecule has 0 radical (unpaired) electrons. The Balaban J connectivity index is 2.04. The summed E-state index contributed by atoms with van der Waals surface area (Å²) < 4.78 is 7.07. The van der Waals surface area contributed by atoms with Gasteiger partial charge in [-0.3, -0.25) is 4.79 Å². The molecule has 1 amide bonds. The number of rotatable bonds is 5. The summed E-state index contributed by atoms with van der Waals surface area (Å²) in [5, 5.41) is 0. The summed E-state index contributed by atoms with van der Waals surface area (Å²) in [6, 6.07) is 10.6. The maximum Gasteiger partial charge on any atom is 0.338 e. The van der Waals surface area contributed by atoms with Crippen LogP contribution in [-0.4, -0.2) is 18.0 Å². The molecule has 2 rings (SSSR count). The molecule has 22 heavy (non-hydrogen) atoms. The molecule has 0 spiro atoms. The Kier molecular flexibility index (Phi) is 4.88. The van der Waals surface area contributed by atoms with E-state index in [-0.39, 0.29) is 12.1 Å². The summed E-state index contributed by atoms with van der Waals surface area (Å²) in [7, 11) is 0. The maximum absolute atomic E-state index is 11.8. The highest BCUT2D eigenvalue weighted by Gasteiger charge is 2.10. The average molecular weight is 299 g/mol. The topological polar surface area (TPSA) is 73.3 Å². The second kappa shape index (κ2) is 6.85. The molecule has 1 heterocycles. The summed E-state index contributed by atoms with van der Waals surface area (Å²) in [4.78, 5) is 22.8. The highest BCUT2D eigenvalue weighted by atomic mass is 16.5. The van der Waals surface area contributed by atoms with Gasteiger partial charge in [-0.1, -0.05) is 12.1 Å². The van der Waals surface area contributed by atoms with Gasteiger partial charge in [-0.15, -0.1) is 0 Å². The van der Waals surface area contributed by atoms with Crippen molar-refractivity contribution in [1.82, 2.24) is 0 Å². The molecule has 1 aromatic heterocycles. The number of amides is 1. The quantitative estimate of drug-likeness (QED) is 0.674. The van der Waals surface area contributed by atoms with Crippen LogP contribution >= 0.6 is 0 Å². The molecule has 0 fully saturated rings. The van der Waals surface area contributed by atoms with Gasteiger partial charge < -0.3 is 10.5 Å². The van der Waals surface area contributed by atoms with Crippen LogP contribution in [0.4, 0.5) is 0 Å². The second-order valence-electron chi connectivity index (χ2n) is 5.27. The SMILES string of the molecule is CC(C)OC(=O)c1ccc(C[n+]2ccc(C(N)=O)cc2)cc1.